The molecule has 0 saturated carbocycles. The Kier molecular flexibility index (Phi) is 3.58. The average molecular weight is 191 g/mol. The molecular formula is C10H9NO3. The first-order chi connectivity index (χ1) is 6.72. The van der Waals surface area contributed by atoms with Crippen LogP contribution in [0.3, 0.4) is 0 Å². The van der Waals surface area contributed by atoms with Gasteiger partial charge in [0, 0.05) is 6.92 Å². The highest BCUT2D eigenvalue weighted by atomic mass is 16.5. The van der Waals surface area contributed by atoms with E-state index in [0.29, 0.717) is 5.69 Å². The van der Waals surface area contributed by atoms with Crippen LogP contribution < -0.4 is 0 Å². The number of nitrogens with zero attached hydrogens (tertiary/aromatic N) is 1. The van der Waals surface area contributed by atoms with E-state index in [1.807, 2.05) is 0 Å². The first-order valence-corrected chi connectivity index (χ1v) is 4.02. The number of rotatable bonds is 3. The van der Waals surface area contributed by atoms with Gasteiger partial charge < -0.3 is 4.74 Å². The number of carbonyl (C=O) groups is 1. The molecule has 0 bridgehead atoms. The molecule has 0 radical (unpaired) electrons. The summed E-state index contributed by atoms with van der Waals surface area (Å²) in [6.07, 6.45) is 1.44. The lowest BCUT2D eigenvalue weighted by atomic mass is 10.2. The summed E-state index contributed by atoms with van der Waals surface area (Å²) in [5, 5.41) is 0. The molecule has 0 aromatic heterocycles. The molecule has 0 aliphatic heterocycles. The molecular weight excluding hydrogens is 182 g/mol. The van der Waals surface area contributed by atoms with Gasteiger partial charge in [0.15, 0.2) is 0 Å². The lowest BCUT2D eigenvalue weighted by molar-refractivity contribution is -0.142. The highest BCUT2D eigenvalue weighted by molar-refractivity contribution is 5.66. The number of hydrogen-bond donors (Lipinski definition) is 0. The molecule has 72 valence electrons. The number of esters is 1. The second kappa shape index (κ2) is 4.94. The fraction of sp³-hybridized carbons (Fsp3) is 0.200. The zero-order valence-electron chi connectivity index (χ0n) is 7.69. The van der Waals surface area contributed by atoms with Crippen molar-refractivity contribution in [2.45, 2.75) is 13.5 Å². The molecule has 1 rings (SSSR count). The van der Waals surface area contributed by atoms with Crippen molar-refractivity contribution in [1.82, 2.24) is 0 Å². The minimum absolute atomic E-state index is 0.192. The van der Waals surface area contributed by atoms with E-state index < -0.39 is 0 Å². The monoisotopic (exact) mass is 191 g/mol. The van der Waals surface area contributed by atoms with Gasteiger partial charge >= 0.3 is 5.97 Å². The number of hydrogen-bond acceptors (Lipinski definition) is 4. The van der Waals surface area contributed by atoms with Gasteiger partial charge in [0.25, 0.3) is 0 Å². The Morgan fingerprint density at radius 1 is 1.57 bits per heavy atom. The summed E-state index contributed by atoms with van der Waals surface area (Å²) < 4.78 is 4.78. The normalized spacial score (nSPS) is 8.93. The third kappa shape index (κ3) is 3.21. The maximum Gasteiger partial charge on any atom is 0.302 e. The molecule has 0 N–H and O–H groups in total. The van der Waals surface area contributed by atoms with Crippen molar-refractivity contribution in [3.8, 4) is 0 Å². The van der Waals surface area contributed by atoms with E-state index in [2.05, 4.69) is 4.99 Å². The molecule has 0 heterocycles. The Morgan fingerprint density at radius 3 is 3.00 bits per heavy atom. The topological polar surface area (TPSA) is 55.7 Å². The largest absolute Gasteiger partial charge is 0.461 e. The molecule has 0 spiro atoms. The van der Waals surface area contributed by atoms with Crippen LogP contribution in [0, 0.1) is 0 Å². The SMILES string of the molecule is CC(=O)OCc1cccc(N=C=O)c1. The van der Waals surface area contributed by atoms with Gasteiger partial charge in [0.1, 0.15) is 6.61 Å². The van der Waals surface area contributed by atoms with E-state index in [4.69, 9.17) is 4.74 Å². The Balaban J connectivity index is 2.73. The fourth-order valence-corrected chi connectivity index (χ4v) is 0.953. The maximum absolute atomic E-state index is 10.5. The van der Waals surface area contributed by atoms with Crippen molar-refractivity contribution >= 4 is 17.7 Å². The molecule has 1 aromatic carbocycles. The van der Waals surface area contributed by atoms with E-state index in [0.717, 1.165) is 5.56 Å². The van der Waals surface area contributed by atoms with Gasteiger partial charge in [-0.25, -0.2) is 4.79 Å². The second-order valence-electron chi connectivity index (χ2n) is 2.65. The van der Waals surface area contributed by atoms with Crippen LogP contribution in [0.5, 0.6) is 0 Å². The van der Waals surface area contributed by atoms with E-state index in [1.165, 1.54) is 13.0 Å². The number of isocyanates is 1. The van der Waals surface area contributed by atoms with E-state index in [-0.39, 0.29) is 12.6 Å². The van der Waals surface area contributed by atoms with Gasteiger partial charge in [-0.15, -0.1) is 0 Å². The summed E-state index contributed by atoms with van der Waals surface area (Å²) in [6, 6.07) is 6.85. The molecule has 0 amide bonds. The molecule has 14 heavy (non-hydrogen) atoms. The van der Waals surface area contributed by atoms with Gasteiger partial charge in [-0.1, -0.05) is 12.1 Å². The summed E-state index contributed by atoms with van der Waals surface area (Å²) in [4.78, 5) is 23.9. The number of benzene rings is 1. The summed E-state index contributed by atoms with van der Waals surface area (Å²) in [5.41, 5.74) is 1.29. The molecule has 4 heteroatoms. The van der Waals surface area contributed by atoms with Crippen LogP contribution in [-0.4, -0.2) is 12.0 Å². The van der Waals surface area contributed by atoms with Gasteiger partial charge in [-0.2, -0.15) is 4.99 Å². The first kappa shape index (κ1) is 10.2. The van der Waals surface area contributed by atoms with Gasteiger partial charge in [0.2, 0.25) is 6.08 Å². The van der Waals surface area contributed by atoms with E-state index >= 15 is 0 Å². The van der Waals surface area contributed by atoms with Crippen LogP contribution in [0.25, 0.3) is 0 Å². The minimum atomic E-state index is -0.339. The first-order valence-electron chi connectivity index (χ1n) is 4.02. The summed E-state index contributed by atoms with van der Waals surface area (Å²) >= 11 is 0. The van der Waals surface area contributed by atoms with Crippen LogP contribution in [0.2, 0.25) is 0 Å². The number of ether oxygens (including phenoxy) is 1. The Bertz CT molecular complexity index is 381. The van der Waals surface area contributed by atoms with Crippen molar-refractivity contribution < 1.29 is 14.3 Å². The van der Waals surface area contributed by atoms with Crippen LogP contribution >= 0.6 is 0 Å². The number of aliphatic imine (C=N–C) groups is 1. The van der Waals surface area contributed by atoms with Crippen molar-refractivity contribution in [1.29, 1.82) is 0 Å². The highest BCUT2D eigenvalue weighted by Gasteiger charge is 1.97. The van der Waals surface area contributed by atoms with Crippen molar-refractivity contribution in [3.05, 3.63) is 29.8 Å². The Labute approximate surface area is 81.2 Å². The summed E-state index contributed by atoms with van der Waals surface area (Å²) in [5.74, 6) is -0.339. The lowest BCUT2D eigenvalue weighted by Crippen LogP contribution is -1.98. The average Bonchev–Trinajstić information content (AvgIpc) is 2.16. The second-order valence-corrected chi connectivity index (χ2v) is 2.65. The molecule has 0 atom stereocenters. The maximum atomic E-state index is 10.5. The van der Waals surface area contributed by atoms with Gasteiger partial charge in [-0.3, -0.25) is 4.79 Å². The minimum Gasteiger partial charge on any atom is -0.461 e. The van der Waals surface area contributed by atoms with Crippen LogP contribution in [0.15, 0.2) is 29.3 Å². The predicted molar refractivity (Wildman–Crippen MR) is 49.7 cm³/mol. The van der Waals surface area contributed by atoms with Crippen molar-refractivity contribution in [2.24, 2.45) is 4.99 Å². The molecule has 0 saturated heterocycles. The van der Waals surface area contributed by atoms with Crippen molar-refractivity contribution in [2.75, 3.05) is 0 Å². The zero-order chi connectivity index (χ0) is 10.4. The standard InChI is InChI=1S/C10H9NO3/c1-8(13)14-6-9-3-2-4-10(5-9)11-7-12/h2-5H,6H2,1H3. The molecule has 0 aliphatic carbocycles. The Hall–Kier alpha value is -1.93. The van der Waals surface area contributed by atoms with Crippen LogP contribution in [-0.2, 0) is 20.9 Å². The van der Waals surface area contributed by atoms with E-state index in [1.54, 1.807) is 24.3 Å². The number of carbonyl (C=O) groups excluding carboxylic acids is 2. The molecule has 0 fully saturated rings. The third-order valence-corrected chi connectivity index (χ3v) is 1.53. The third-order valence-electron chi connectivity index (χ3n) is 1.53. The lowest BCUT2D eigenvalue weighted by Gasteiger charge is -2.01. The van der Waals surface area contributed by atoms with Gasteiger partial charge in [0.05, 0.1) is 5.69 Å². The van der Waals surface area contributed by atoms with Crippen molar-refractivity contribution in [3.63, 3.8) is 0 Å². The molecule has 4 nitrogen and oxygen atoms in total. The smallest absolute Gasteiger partial charge is 0.302 e. The van der Waals surface area contributed by atoms with E-state index in [9.17, 15) is 9.59 Å². The highest BCUT2D eigenvalue weighted by Crippen LogP contribution is 2.13. The zero-order valence-corrected chi connectivity index (χ0v) is 7.69. The molecule has 0 aliphatic rings. The Morgan fingerprint density at radius 2 is 2.36 bits per heavy atom. The van der Waals surface area contributed by atoms with Gasteiger partial charge in [-0.05, 0) is 17.7 Å². The fourth-order valence-electron chi connectivity index (χ4n) is 0.953. The molecule has 1 aromatic rings. The predicted octanol–water partition coefficient (Wildman–Crippen LogP) is 1.72. The summed E-state index contributed by atoms with van der Waals surface area (Å²) in [6.45, 7) is 1.53. The summed E-state index contributed by atoms with van der Waals surface area (Å²) in [7, 11) is 0. The molecule has 0 unspecified atom stereocenters. The van der Waals surface area contributed by atoms with Crippen LogP contribution in [0.1, 0.15) is 12.5 Å². The van der Waals surface area contributed by atoms with Crippen LogP contribution in [0.4, 0.5) is 5.69 Å². The quantitative estimate of drug-likeness (QED) is 0.415.